The van der Waals surface area contributed by atoms with E-state index in [1.165, 1.54) is 70.8 Å². The van der Waals surface area contributed by atoms with Gasteiger partial charge in [0.1, 0.15) is 0 Å². The van der Waals surface area contributed by atoms with Gasteiger partial charge in [-0.3, -0.25) is 0 Å². The van der Waals surface area contributed by atoms with Crippen molar-refractivity contribution < 1.29 is 4.74 Å². The lowest BCUT2D eigenvalue weighted by atomic mass is 9.88. The van der Waals surface area contributed by atoms with Gasteiger partial charge in [0.05, 0.1) is 6.10 Å². The van der Waals surface area contributed by atoms with E-state index < -0.39 is 0 Å². The van der Waals surface area contributed by atoms with Gasteiger partial charge in [-0.05, 0) is 51.0 Å². The third-order valence-electron chi connectivity index (χ3n) is 4.45. The maximum Gasteiger partial charge on any atom is 0.0600 e. The summed E-state index contributed by atoms with van der Waals surface area (Å²) in [4.78, 5) is 0. The molecule has 2 atom stereocenters. The molecule has 0 spiro atoms. The van der Waals surface area contributed by atoms with Crippen molar-refractivity contribution in [2.75, 3.05) is 13.2 Å². The number of rotatable bonds is 9. The highest BCUT2D eigenvalue weighted by Gasteiger charge is 2.21. The number of unbranched alkanes of at least 4 members (excludes halogenated alkanes) is 3. The van der Waals surface area contributed by atoms with Crippen LogP contribution >= 0.6 is 0 Å². The lowest BCUT2D eigenvalue weighted by Crippen LogP contribution is -2.25. The Morgan fingerprint density at radius 2 is 1.72 bits per heavy atom. The van der Waals surface area contributed by atoms with Crippen molar-refractivity contribution in [1.82, 2.24) is 5.32 Å². The van der Waals surface area contributed by atoms with Crippen molar-refractivity contribution in [2.45, 2.75) is 83.3 Å². The predicted octanol–water partition coefficient (Wildman–Crippen LogP) is 3.89. The zero-order valence-electron chi connectivity index (χ0n) is 12.1. The maximum atomic E-state index is 6.03. The smallest absolute Gasteiger partial charge is 0.0600 e. The van der Waals surface area contributed by atoms with Gasteiger partial charge in [0.2, 0.25) is 0 Å². The van der Waals surface area contributed by atoms with Gasteiger partial charge in [0.25, 0.3) is 0 Å². The Balaban J connectivity index is 1.36. The normalized spacial score (nSPS) is 28.5. The Bertz CT molecular complexity index is 215. The van der Waals surface area contributed by atoms with Gasteiger partial charge in [-0.2, -0.15) is 0 Å². The summed E-state index contributed by atoms with van der Waals surface area (Å²) in [5.41, 5.74) is 0. The number of ether oxygens (including phenoxy) is 1. The van der Waals surface area contributed by atoms with Crippen LogP contribution in [0.1, 0.15) is 71.1 Å². The molecule has 2 aliphatic carbocycles. The minimum Gasteiger partial charge on any atom is -0.378 e. The highest BCUT2D eigenvalue weighted by atomic mass is 16.5. The third kappa shape index (κ3) is 5.71. The first kappa shape index (κ1) is 14.3. The molecule has 2 fully saturated rings. The molecule has 0 radical (unpaired) electrons. The van der Waals surface area contributed by atoms with Crippen molar-refractivity contribution in [3.63, 3.8) is 0 Å². The van der Waals surface area contributed by atoms with E-state index in [-0.39, 0.29) is 0 Å². The van der Waals surface area contributed by atoms with Gasteiger partial charge in [-0.1, -0.05) is 32.6 Å². The summed E-state index contributed by atoms with van der Waals surface area (Å²) < 4.78 is 6.03. The monoisotopic (exact) mass is 253 g/mol. The molecular formula is C16H31NO. The van der Waals surface area contributed by atoms with E-state index in [1.54, 1.807) is 0 Å². The average molecular weight is 253 g/mol. The van der Waals surface area contributed by atoms with Crippen LogP contribution < -0.4 is 5.32 Å². The first-order chi connectivity index (χ1) is 8.86. The van der Waals surface area contributed by atoms with Crippen LogP contribution in [0.25, 0.3) is 0 Å². The van der Waals surface area contributed by atoms with E-state index in [2.05, 4.69) is 12.2 Å². The zero-order chi connectivity index (χ0) is 12.6. The fraction of sp³-hybridized carbons (Fsp3) is 1.00. The SMILES string of the molecule is CC1CCCCC1OCCCCCCNC1CC1. The summed E-state index contributed by atoms with van der Waals surface area (Å²) in [6, 6.07) is 0.876. The van der Waals surface area contributed by atoms with E-state index in [4.69, 9.17) is 4.74 Å². The van der Waals surface area contributed by atoms with Crippen LogP contribution in [0.3, 0.4) is 0 Å². The number of hydrogen-bond acceptors (Lipinski definition) is 2. The largest absolute Gasteiger partial charge is 0.378 e. The number of nitrogens with one attached hydrogen (secondary N) is 1. The molecule has 0 amide bonds. The number of hydrogen-bond donors (Lipinski definition) is 1. The van der Waals surface area contributed by atoms with Crippen molar-refractivity contribution in [1.29, 1.82) is 0 Å². The Labute approximate surface area is 113 Å². The molecule has 2 aliphatic rings. The third-order valence-corrected chi connectivity index (χ3v) is 4.45. The van der Waals surface area contributed by atoms with Crippen molar-refractivity contribution in [3.05, 3.63) is 0 Å². The Kier molecular flexibility index (Phi) is 6.50. The molecule has 106 valence electrons. The van der Waals surface area contributed by atoms with E-state index in [9.17, 15) is 0 Å². The summed E-state index contributed by atoms with van der Waals surface area (Å²) in [6.07, 6.45) is 14.1. The van der Waals surface area contributed by atoms with Gasteiger partial charge in [-0.15, -0.1) is 0 Å². The average Bonchev–Trinajstić information content (AvgIpc) is 3.19. The Morgan fingerprint density at radius 1 is 0.944 bits per heavy atom. The molecule has 18 heavy (non-hydrogen) atoms. The fourth-order valence-corrected chi connectivity index (χ4v) is 2.94. The molecule has 0 saturated heterocycles. The van der Waals surface area contributed by atoms with Gasteiger partial charge in [0.15, 0.2) is 0 Å². The highest BCUT2D eigenvalue weighted by molar-refractivity contribution is 4.80. The molecule has 0 bridgehead atoms. The van der Waals surface area contributed by atoms with E-state index in [1.807, 2.05) is 0 Å². The molecule has 0 aliphatic heterocycles. The topological polar surface area (TPSA) is 21.3 Å². The van der Waals surface area contributed by atoms with Gasteiger partial charge in [-0.25, -0.2) is 0 Å². The molecular weight excluding hydrogens is 222 g/mol. The summed E-state index contributed by atoms with van der Waals surface area (Å²) in [5.74, 6) is 0.793. The summed E-state index contributed by atoms with van der Waals surface area (Å²) in [6.45, 7) is 4.57. The first-order valence-electron chi connectivity index (χ1n) is 8.21. The molecule has 1 N–H and O–H groups in total. The minimum atomic E-state index is 0.565. The fourth-order valence-electron chi connectivity index (χ4n) is 2.94. The molecule has 0 aromatic rings. The second-order valence-electron chi connectivity index (χ2n) is 6.31. The van der Waals surface area contributed by atoms with Crippen LogP contribution in [0.2, 0.25) is 0 Å². The van der Waals surface area contributed by atoms with Crippen LogP contribution in [0.15, 0.2) is 0 Å². The van der Waals surface area contributed by atoms with Crippen LogP contribution in [0.4, 0.5) is 0 Å². The molecule has 0 heterocycles. The van der Waals surface area contributed by atoms with Crippen LogP contribution in [0.5, 0.6) is 0 Å². The molecule has 2 nitrogen and oxygen atoms in total. The van der Waals surface area contributed by atoms with E-state index in [0.717, 1.165) is 18.6 Å². The second-order valence-corrected chi connectivity index (χ2v) is 6.31. The first-order valence-corrected chi connectivity index (χ1v) is 8.21. The molecule has 2 saturated carbocycles. The highest BCUT2D eigenvalue weighted by Crippen LogP contribution is 2.26. The molecule has 2 rings (SSSR count). The maximum absolute atomic E-state index is 6.03. The van der Waals surface area contributed by atoms with E-state index >= 15 is 0 Å². The lowest BCUT2D eigenvalue weighted by molar-refractivity contribution is -0.00655. The minimum absolute atomic E-state index is 0.565. The predicted molar refractivity (Wildman–Crippen MR) is 76.9 cm³/mol. The van der Waals surface area contributed by atoms with Crippen molar-refractivity contribution in [3.8, 4) is 0 Å². The van der Waals surface area contributed by atoms with Crippen molar-refractivity contribution in [2.24, 2.45) is 5.92 Å². The molecule has 0 aromatic carbocycles. The van der Waals surface area contributed by atoms with Crippen molar-refractivity contribution >= 4 is 0 Å². The van der Waals surface area contributed by atoms with Crippen LogP contribution in [-0.4, -0.2) is 25.3 Å². The zero-order valence-corrected chi connectivity index (χ0v) is 12.1. The van der Waals surface area contributed by atoms with Crippen LogP contribution in [0, 0.1) is 5.92 Å². The molecule has 2 unspecified atom stereocenters. The van der Waals surface area contributed by atoms with Gasteiger partial charge < -0.3 is 10.1 Å². The lowest BCUT2D eigenvalue weighted by Gasteiger charge is -2.28. The van der Waals surface area contributed by atoms with E-state index in [0.29, 0.717) is 6.10 Å². The molecule has 0 aromatic heterocycles. The summed E-state index contributed by atoms with van der Waals surface area (Å²) >= 11 is 0. The summed E-state index contributed by atoms with van der Waals surface area (Å²) in [7, 11) is 0. The van der Waals surface area contributed by atoms with Gasteiger partial charge >= 0.3 is 0 Å². The summed E-state index contributed by atoms with van der Waals surface area (Å²) in [5, 5.41) is 3.57. The second kappa shape index (κ2) is 8.16. The quantitative estimate of drug-likeness (QED) is 0.629. The Hall–Kier alpha value is -0.0800. The Morgan fingerprint density at radius 3 is 2.50 bits per heavy atom. The van der Waals surface area contributed by atoms with Crippen LogP contribution in [-0.2, 0) is 4.74 Å². The molecule has 2 heteroatoms. The van der Waals surface area contributed by atoms with Gasteiger partial charge in [0, 0.05) is 12.6 Å². The standard InChI is InChI=1S/C16H31NO/c1-14-8-4-5-9-16(14)18-13-7-3-2-6-12-17-15-10-11-15/h14-17H,2-13H2,1H3.